The van der Waals surface area contributed by atoms with Crippen molar-refractivity contribution in [2.45, 2.75) is 17.7 Å². The Bertz CT molecular complexity index is 607. The van der Waals surface area contributed by atoms with E-state index in [4.69, 9.17) is 4.74 Å². The number of rotatable bonds is 7. The fourth-order valence-electron chi connectivity index (χ4n) is 2.43. The van der Waals surface area contributed by atoms with E-state index < -0.39 is 9.84 Å². The summed E-state index contributed by atoms with van der Waals surface area (Å²) in [6, 6.07) is 6.69. The Morgan fingerprint density at radius 2 is 1.87 bits per heavy atom. The SMILES string of the molecule is CS(=O)(=O)c1ccc(CCC(=O)NCCN2CCOCC2)cc1. The molecule has 1 heterocycles. The Kier molecular flexibility index (Phi) is 6.56. The van der Waals surface area contributed by atoms with E-state index in [1.165, 1.54) is 6.26 Å². The van der Waals surface area contributed by atoms with Gasteiger partial charge in [0.15, 0.2) is 9.84 Å². The minimum atomic E-state index is -3.17. The van der Waals surface area contributed by atoms with Gasteiger partial charge in [-0.1, -0.05) is 12.1 Å². The van der Waals surface area contributed by atoms with Crippen molar-refractivity contribution in [2.75, 3.05) is 45.6 Å². The molecule has 0 radical (unpaired) electrons. The van der Waals surface area contributed by atoms with E-state index in [1.54, 1.807) is 24.3 Å². The highest BCUT2D eigenvalue weighted by Crippen LogP contribution is 2.11. The monoisotopic (exact) mass is 340 g/mol. The average molecular weight is 340 g/mol. The van der Waals surface area contributed by atoms with Crippen LogP contribution in [-0.4, -0.2) is 64.9 Å². The summed E-state index contributed by atoms with van der Waals surface area (Å²) in [4.78, 5) is 14.4. The smallest absolute Gasteiger partial charge is 0.220 e. The van der Waals surface area contributed by atoms with Gasteiger partial charge in [-0.25, -0.2) is 8.42 Å². The number of morpholine rings is 1. The largest absolute Gasteiger partial charge is 0.379 e. The molecule has 1 saturated heterocycles. The van der Waals surface area contributed by atoms with Crippen molar-refractivity contribution in [2.24, 2.45) is 0 Å². The minimum absolute atomic E-state index is 0.0189. The van der Waals surface area contributed by atoms with Crippen molar-refractivity contribution >= 4 is 15.7 Å². The lowest BCUT2D eigenvalue weighted by atomic mass is 10.1. The lowest BCUT2D eigenvalue weighted by Crippen LogP contribution is -2.41. The highest BCUT2D eigenvalue weighted by molar-refractivity contribution is 7.90. The molecule has 0 bridgehead atoms. The number of nitrogens with one attached hydrogen (secondary N) is 1. The third-order valence-corrected chi connectivity index (χ3v) is 4.97. The number of carbonyl (C=O) groups excluding carboxylic acids is 1. The summed E-state index contributed by atoms with van der Waals surface area (Å²) in [6.45, 7) is 4.85. The van der Waals surface area contributed by atoms with E-state index >= 15 is 0 Å². The van der Waals surface area contributed by atoms with Gasteiger partial charge in [0, 0.05) is 38.9 Å². The molecular weight excluding hydrogens is 316 g/mol. The van der Waals surface area contributed by atoms with Crippen LogP contribution in [0.3, 0.4) is 0 Å². The van der Waals surface area contributed by atoms with Crippen LogP contribution in [0.25, 0.3) is 0 Å². The molecule has 1 aliphatic heterocycles. The van der Waals surface area contributed by atoms with Gasteiger partial charge in [-0.15, -0.1) is 0 Å². The van der Waals surface area contributed by atoms with E-state index in [2.05, 4.69) is 10.2 Å². The fourth-order valence-corrected chi connectivity index (χ4v) is 3.06. The molecule has 0 aromatic heterocycles. The van der Waals surface area contributed by atoms with E-state index in [1.807, 2.05) is 0 Å². The third-order valence-electron chi connectivity index (χ3n) is 3.85. The molecule has 0 atom stereocenters. The number of nitrogens with zero attached hydrogens (tertiary/aromatic N) is 1. The maximum Gasteiger partial charge on any atom is 0.220 e. The van der Waals surface area contributed by atoms with E-state index in [0.29, 0.717) is 24.3 Å². The zero-order valence-corrected chi connectivity index (χ0v) is 14.3. The van der Waals surface area contributed by atoms with Gasteiger partial charge in [-0.2, -0.15) is 0 Å². The van der Waals surface area contributed by atoms with Crippen LogP contribution in [0.4, 0.5) is 0 Å². The van der Waals surface area contributed by atoms with Crippen LogP contribution < -0.4 is 5.32 Å². The molecular formula is C16H24N2O4S. The number of hydrogen-bond donors (Lipinski definition) is 1. The number of ether oxygens (including phenoxy) is 1. The molecule has 0 aliphatic carbocycles. The van der Waals surface area contributed by atoms with E-state index in [-0.39, 0.29) is 5.91 Å². The number of carbonyl (C=O) groups is 1. The second-order valence-electron chi connectivity index (χ2n) is 5.72. The van der Waals surface area contributed by atoms with Crippen LogP contribution in [0, 0.1) is 0 Å². The zero-order chi connectivity index (χ0) is 16.7. The third kappa shape index (κ3) is 6.29. The minimum Gasteiger partial charge on any atom is -0.379 e. The van der Waals surface area contributed by atoms with Gasteiger partial charge in [0.1, 0.15) is 0 Å². The molecule has 1 fully saturated rings. The Morgan fingerprint density at radius 1 is 1.22 bits per heavy atom. The molecule has 7 heteroatoms. The first-order chi connectivity index (χ1) is 10.9. The number of sulfone groups is 1. The predicted molar refractivity (Wildman–Crippen MR) is 88.1 cm³/mol. The second kappa shape index (κ2) is 8.42. The summed E-state index contributed by atoms with van der Waals surface area (Å²) in [7, 11) is -3.17. The standard InChI is InChI=1S/C16H24N2O4S/c1-23(20,21)15-5-2-14(3-6-15)4-7-16(19)17-8-9-18-10-12-22-13-11-18/h2-3,5-6H,4,7-13H2,1H3,(H,17,19). The maximum atomic E-state index is 11.8. The number of amides is 1. The first-order valence-corrected chi connectivity index (χ1v) is 9.70. The van der Waals surface area contributed by atoms with Crippen molar-refractivity contribution in [3.05, 3.63) is 29.8 Å². The highest BCUT2D eigenvalue weighted by Gasteiger charge is 2.10. The summed E-state index contributed by atoms with van der Waals surface area (Å²) in [5.74, 6) is 0.0189. The van der Waals surface area contributed by atoms with Crippen molar-refractivity contribution < 1.29 is 17.9 Å². The summed E-state index contributed by atoms with van der Waals surface area (Å²) < 4.78 is 28.0. The highest BCUT2D eigenvalue weighted by atomic mass is 32.2. The van der Waals surface area contributed by atoms with Gasteiger partial charge in [-0.05, 0) is 24.1 Å². The quantitative estimate of drug-likeness (QED) is 0.781. The van der Waals surface area contributed by atoms with Gasteiger partial charge in [0.25, 0.3) is 0 Å². The van der Waals surface area contributed by atoms with Crippen molar-refractivity contribution in [1.82, 2.24) is 10.2 Å². The maximum absolute atomic E-state index is 11.8. The predicted octanol–water partition coefficient (Wildman–Crippen LogP) is 0.471. The summed E-state index contributed by atoms with van der Waals surface area (Å²) in [5.41, 5.74) is 0.959. The van der Waals surface area contributed by atoms with E-state index in [0.717, 1.165) is 38.4 Å². The Morgan fingerprint density at radius 3 is 2.48 bits per heavy atom. The fraction of sp³-hybridized carbons (Fsp3) is 0.562. The molecule has 1 aromatic rings. The van der Waals surface area contributed by atoms with Gasteiger partial charge >= 0.3 is 0 Å². The van der Waals surface area contributed by atoms with Crippen molar-refractivity contribution in [3.8, 4) is 0 Å². The summed E-state index contributed by atoms with van der Waals surface area (Å²) in [5, 5.41) is 2.92. The first-order valence-electron chi connectivity index (χ1n) is 7.81. The van der Waals surface area contributed by atoms with Gasteiger partial charge in [-0.3, -0.25) is 9.69 Å². The Hall–Kier alpha value is -1.44. The normalized spacial score (nSPS) is 16.2. The van der Waals surface area contributed by atoms with Crippen LogP contribution in [0.1, 0.15) is 12.0 Å². The van der Waals surface area contributed by atoms with Crippen LogP contribution >= 0.6 is 0 Å². The lowest BCUT2D eigenvalue weighted by molar-refractivity contribution is -0.121. The molecule has 0 saturated carbocycles. The molecule has 6 nitrogen and oxygen atoms in total. The first kappa shape index (κ1) is 17.9. The molecule has 2 rings (SSSR count). The van der Waals surface area contributed by atoms with E-state index in [9.17, 15) is 13.2 Å². The molecule has 0 spiro atoms. The summed E-state index contributed by atoms with van der Waals surface area (Å²) >= 11 is 0. The molecule has 1 N–H and O–H groups in total. The number of aryl methyl sites for hydroxylation is 1. The van der Waals surface area contributed by atoms with Crippen LogP contribution in [0.5, 0.6) is 0 Å². The van der Waals surface area contributed by atoms with Gasteiger partial charge < -0.3 is 10.1 Å². The Balaban J connectivity index is 1.67. The number of benzene rings is 1. The molecule has 1 aromatic carbocycles. The van der Waals surface area contributed by atoms with Gasteiger partial charge in [0.05, 0.1) is 18.1 Å². The van der Waals surface area contributed by atoms with Crippen molar-refractivity contribution in [3.63, 3.8) is 0 Å². The number of hydrogen-bond acceptors (Lipinski definition) is 5. The average Bonchev–Trinajstić information content (AvgIpc) is 2.53. The topological polar surface area (TPSA) is 75.7 Å². The molecule has 1 amide bonds. The molecule has 1 aliphatic rings. The second-order valence-corrected chi connectivity index (χ2v) is 7.74. The van der Waals surface area contributed by atoms with Crippen LogP contribution in [0.15, 0.2) is 29.2 Å². The van der Waals surface area contributed by atoms with Crippen molar-refractivity contribution in [1.29, 1.82) is 0 Å². The lowest BCUT2D eigenvalue weighted by Gasteiger charge is -2.26. The molecule has 128 valence electrons. The molecule has 23 heavy (non-hydrogen) atoms. The zero-order valence-electron chi connectivity index (χ0n) is 13.5. The Labute approximate surface area is 137 Å². The van der Waals surface area contributed by atoms with Crippen LogP contribution in [0.2, 0.25) is 0 Å². The molecule has 0 unspecified atom stereocenters. The summed E-state index contributed by atoms with van der Waals surface area (Å²) in [6.07, 6.45) is 2.19. The van der Waals surface area contributed by atoms with Crippen LogP contribution in [-0.2, 0) is 25.8 Å². The van der Waals surface area contributed by atoms with Gasteiger partial charge in [0.2, 0.25) is 5.91 Å².